The number of halogens is 1. The lowest BCUT2D eigenvalue weighted by Crippen LogP contribution is -2.47. The Morgan fingerprint density at radius 1 is 0.776 bits per heavy atom. The van der Waals surface area contributed by atoms with E-state index in [0.29, 0.717) is 70.8 Å². The summed E-state index contributed by atoms with van der Waals surface area (Å²) in [4.78, 5) is 144. The Morgan fingerprint density at radius 2 is 1.46 bits per heavy atom. The number of rotatable bonds is 30. The summed E-state index contributed by atoms with van der Waals surface area (Å²) >= 11 is 8.10. The summed E-state index contributed by atoms with van der Waals surface area (Å²) in [6, 6.07) is 21.1. The van der Waals surface area contributed by atoms with E-state index in [1.807, 2.05) is 50.4 Å². The summed E-state index contributed by atoms with van der Waals surface area (Å²) in [5, 5.41) is 17.8. The molecule has 3 aliphatic heterocycles. The summed E-state index contributed by atoms with van der Waals surface area (Å²) in [5.41, 5.74) is 10.6. The second-order valence-corrected chi connectivity index (χ2v) is 26.9. The summed E-state index contributed by atoms with van der Waals surface area (Å²) in [7, 11) is 3.20. The van der Waals surface area contributed by atoms with Crippen molar-refractivity contribution < 1.29 is 62.2 Å². The second kappa shape index (κ2) is 31.9. The molecular weight excluding hydrogens is 1300 g/mol. The van der Waals surface area contributed by atoms with Crippen LogP contribution in [-0.2, 0) is 35.3 Å². The maximum Gasteiger partial charge on any atom is 0.415 e. The minimum atomic E-state index is -1.06. The summed E-state index contributed by atoms with van der Waals surface area (Å²) in [5.74, 6) is -1.93. The van der Waals surface area contributed by atoms with Gasteiger partial charge in [0.25, 0.3) is 23.6 Å². The Hall–Kier alpha value is -9.99. The zero-order valence-corrected chi connectivity index (χ0v) is 57.0. The number of likely N-dealkylation sites (tertiary alicyclic amines) is 1. The molecule has 0 saturated carbocycles. The van der Waals surface area contributed by atoms with E-state index >= 15 is 0 Å². The van der Waals surface area contributed by atoms with Crippen molar-refractivity contribution in [3.05, 3.63) is 124 Å². The van der Waals surface area contributed by atoms with Crippen LogP contribution >= 0.6 is 22.9 Å². The summed E-state index contributed by atoms with van der Waals surface area (Å²) < 4.78 is 18.6. The number of nitrogens with zero attached hydrogens (tertiary/aromatic N) is 5. The molecule has 1 fully saturated rings. The largest absolute Gasteiger partial charge is 0.492 e. The number of hydrogen-bond acceptors (Lipinski definition) is 15. The zero-order valence-electron chi connectivity index (χ0n) is 55.4. The van der Waals surface area contributed by atoms with E-state index in [4.69, 9.17) is 31.5 Å². The Balaban J connectivity index is 0.696. The van der Waals surface area contributed by atoms with Crippen molar-refractivity contribution in [3.63, 3.8) is 0 Å². The van der Waals surface area contributed by atoms with Gasteiger partial charge in [-0.25, -0.2) is 14.4 Å². The maximum absolute atomic E-state index is 14.7. The molecule has 0 aliphatic carbocycles. The molecule has 11 amide bonds. The first-order valence-corrected chi connectivity index (χ1v) is 34.1. The van der Waals surface area contributed by atoms with E-state index in [0.717, 1.165) is 62.4 Å². The molecule has 28 heteroatoms. The normalized spacial score (nSPS) is 14.8. The number of benzene rings is 4. The third-order valence-corrected chi connectivity index (χ3v) is 18.8. The van der Waals surface area contributed by atoms with Crippen LogP contribution in [0, 0.1) is 12.3 Å². The third-order valence-electron chi connectivity index (χ3n) is 17.4. The number of aryl methyl sites for hydroxylation is 1. The average molecular weight is 1380 g/mol. The molecular formula is C70H82ClN13O13S. The number of unbranched alkanes of at least 4 members (excludes halogenated alkanes) is 2. The van der Waals surface area contributed by atoms with E-state index in [9.17, 15) is 47.9 Å². The summed E-state index contributed by atoms with van der Waals surface area (Å²) in [6.07, 6.45) is 5.66. The van der Waals surface area contributed by atoms with Crippen LogP contribution in [0.25, 0.3) is 31.9 Å². The minimum Gasteiger partial charge on any atom is -0.492 e. The first kappa shape index (κ1) is 70.8. The van der Waals surface area contributed by atoms with Crippen molar-refractivity contribution in [1.82, 2.24) is 45.5 Å². The van der Waals surface area contributed by atoms with Gasteiger partial charge in [-0.05, 0) is 141 Å². The standard InChI is InChI=1S/C70H82ClN13O13S/c1-42-39-98-63-56(34-55-62(61(42)63)46(35-71)37-84(55)66(91)54-33-44-30-48(18-20-50(44)78-54)76-65(90)53-32-45-31-49(19-21-51(45)77-53)95-29-28-82-25-9-10-26-82)97-69(94)81(5)41-70(2,3)40-80(4)68(93)96-38-43-14-16-47(17-15-43)75-64(89)52(12-11-24-73-67(72)92)79-58(86)36-74-57(85)13-7-6-8-27-83-59(87)22-23-60(83)88/h14-23,30-34,39,46,52,77-78H,6-13,24-29,35-38,40-41H2,1-5H3,(H,74,85)(H,75,89)(H,76,90)(H,79,86)(H3,72,73,92)/t46-,52?/m1/s1. The maximum atomic E-state index is 14.7. The van der Waals surface area contributed by atoms with Crippen LogP contribution in [0.3, 0.4) is 0 Å². The fourth-order valence-corrected chi connectivity index (χ4v) is 13.8. The van der Waals surface area contributed by atoms with E-state index in [2.05, 4.69) is 41.5 Å². The highest BCUT2D eigenvalue weighted by atomic mass is 35.5. The number of imide groups is 1. The van der Waals surface area contributed by atoms with E-state index < -0.39 is 48.0 Å². The van der Waals surface area contributed by atoms with Gasteiger partial charge in [0.15, 0.2) is 5.75 Å². The van der Waals surface area contributed by atoms with Crippen LogP contribution in [0.5, 0.6) is 11.5 Å². The number of anilines is 3. The monoisotopic (exact) mass is 1380 g/mol. The number of ether oxygens (including phenoxy) is 3. The molecule has 26 nitrogen and oxygen atoms in total. The lowest BCUT2D eigenvalue weighted by Gasteiger charge is -2.33. The van der Waals surface area contributed by atoms with Crippen molar-refractivity contribution in [2.75, 3.05) is 101 Å². The number of aromatic amines is 2. The molecule has 0 bridgehead atoms. The van der Waals surface area contributed by atoms with Crippen molar-refractivity contribution >= 4 is 131 Å². The number of primary amides is 1. The predicted molar refractivity (Wildman–Crippen MR) is 374 cm³/mol. The predicted octanol–water partition coefficient (Wildman–Crippen LogP) is 9.08. The van der Waals surface area contributed by atoms with Crippen LogP contribution in [0.2, 0.25) is 0 Å². The molecule has 6 heterocycles. The lowest BCUT2D eigenvalue weighted by atomic mass is 9.92. The van der Waals surface area contributed by atoms with Gasteiger partial charge >= 0.3 is 18.2 Å². The van der Waals surface area contributed by atoms with Gasteiger partial charge < -0.3 is 71.2 Å². The molecule has 1 unspecified atom stereocenters. The van der Waals surface area contributed by atoms with Gasteiger partial charge in [0.1, 0.15) is 36.4 Å². The van der Waals surface area contributed by atoms with Gasteiger partial charge in [0.2, 0.25) is 17.7 Å². The highest BCUT2D eigenvalue weighted by Gasteiger charge is 2.38. The summed E-state index contributed by atoms with van der Waals surface area (Å²) in [6.45, 7) is 9.95. The molecule has 4 aromatic carbocycles. The quantitative estimate of drug-likeness (QED) is 0.0118. The van der Waals surface area contributed by atoms with Gasteiger partial charge in [-0.2, -0.15) is 0 Å². The number of urea groups is 1. The minimum absolute atomic E-state index is 0.109. The number of amides is 11. The number of aromatic nitrogens is 2. The molecule has 518 valence electrons. The fraction of sp³-hybridized carbons (Fsp3) is 0.400. The van der Waals surface area contributed by atoms with Gasteiger partial charge in [-0.1, -0.05) is 32.4 Å². The number of fused-ring (bicyclic) bond motifs is 5. The number of H-pyrrole nitrogens is 2. The van der Waals surface area contributed by atoms with Gasteiger partial charge in [0.05, 0.1) is 16.9 Å². The number of thiophene rings is 1. The molecule has 0 radical (unpaired) electrons. The molecule has 3 aromatic heterocycles. The van der Waals surface area contributed by atoms with E-state index in [-0.39, 0.29) is 106 Å². The van der Waals surface area contributed by atoms with Crippen LogP contribution in [-0.4, -0.2) is 181 Å². The number of hydrogen-bond donors (Lipinski definition) is 8. The zero-order chi connectivity index (χ0) is 69.8. The van der Waals surface area contributed by atoms with Gasteiger partial charge in [-0.15, -0.1) is 22.9 Å². The van der Waals surface area contributed by atoms with Crippen molar-refractivity contribution in [2.24, 2.45) is 11.1 Å². The number of nitrogens with one attached hydrogen (secondary N) is 7. The third kappa shape index (κ3) is 18.0. The van der Waals surface area contributed by atoms with Gasteiger partial charge in [0, 0.05) is 134 Å². The molecule has 3 aliphatic rings. The molecule has 9 N–H and O–H groups in total. The average Bonchev–Trinajstić information content (AvgIpc) is 1.58. The smallest absolute Gasteiger partial charge is 0.415 e. The molecule has 0 spiro atoms. The van der Waals surface area contributed by atoms with Crippen LogP contribution in [0.1, 0.15) is 109 Å². The molecule has 10 rings (SSSR count). The number of alkyl halides is 1. The second-order valence-electron chi connectivity index (χ2n) is 25.8. The Morgan fingerprint density at radius 3 is 2.18 bits per heavy atom. The SMILES string of the molecule is Cc1csc2c(OC(=O)N(C)CC(C)(C)CN(C)C(=O)OCc3ccc(NC(=O)C(CCCNC(N)=O)NC(=O)CNC(=O)CCCCCN4C(=O)C=CC4=O)cc3)cc3c(c12)[C@H](CCl)CN3C(=O)c1cc2cc(NC(=O)c3cc4cc(OCCN5CCCC5)ccc4[nH]3)ccc2[nH]1. The van der Waals surface area contributed by atoms with E-state index in [1.54, 1.807) is 73.6 Å². The topological polar surface area (TPSA) is 332 Å². The van der Waals surface area contributed by atoms with Crippen molar-refractivity contribution in [3.8, 4) is 11.5 Å². The van der Waals surface area contributed by atoms with Crippen molar-refractivity contribution in [2.45, 2.75) is 90.7 Å². The Bertz CT molecular complexity index is 4180. The number of nitrogens with two attached hydrogens (primary N) is 1. The molecule has 98 heavy (non-hydrogen) atoms. The van der Waals surface area contributed by atoms with Crippen molar-refractivity contribution in [1.29, 1.82) is 0 Å². The number of carbonyl (C=O) groups is 10. The first-order valence-electron chi connectivity index (χ1n) is 32.7. The van der Waals surface area contributed by atoms with Crippen LogP contribution in [0.15, 0.2) is 96.4 Å². The van der Waals surface area contributed by atoms with Gasteiger partial charge in [-0.3, -0.25) is 43.4 Å². The number of carbonyl (C=O) groups excluding carboxylic acids is 10. The van der Waals surface area contributed by atoms with Crippen LogP contribution < -0.4 is 46.7 Å². The first-order chi connectivity index (χ1) is 47.0. The van der Waals surface area contributed by atoms with Crippen LogP contribution in [0.4, 0.5) is 31.4 Å². The lowest BCUT2D eigenvalue weighted by molar-refractivity contribution is -0.137. The molecule has 7 aromatic rings. The molecule has 1 saturated heterocycles. The Kier molecular flexibility index (Phi) is 23.1. The highest BCUT2D eigenvalue weighted by molar-refractivity contribution is 7.17. The highest BCUT2D eigenvalue weighted by Crippen LogP contribution is 2.49. The molecule has 2 atom stereocenters. The fourth-order valence-electron chi connectivity index (χ4n) is 12.6. The Labute approximate surface area is 575 Å². The van der Waals surface area contributed by atoms with E-state index in [1.165, 1.54) is 46.1 Å².